The van der Waals surface area contributed by atoms with E-state index in [1.807, 2.05) is 54.1 Å². The number of aliphatic hydroxyl groups excluding tert-OH is 1. The predicted octanol–water partition coefficient (Wildman–Crippen LogP) is 3.26. The molecule has 1 aromatic heterocycles. The normalized spacial score (nSPS) is 19.2. The van der Waals surface area contributed by atoms with Crippen LogP contribution >= 0.6 is 11.8 Å². The zero-order valence-corrected chi connectivity index (χ0v) is 21.8. The zero-order valence-electron chi connectivity index (χ0n) is 20.9. The first kappa shape index (κ1) is 27.7. The first-order valence-electron chi connectivity index (χ1n) is 12.3. The number of aryl methyl sites for hydroxylation is 1. The average Bonchev–Trinajstić information content (AvgIpc) is 3.36. The van der Waals surface area contributed by atoms with Gasteiger partial charge >= 0.3 is 0 Å². The SMILES string of the molecule is Cn1cnnc1SCC1CC(c2ccc(CO)cc2)OC(c2cccc(NC(=O)CCCC(=O)NO)c2)O1. The third-order valence-electron chi connectivity index (χ3n) is 6.06. The van der Waals surface area contributed by atoms with Crippen LogP contribution in [0.5, 0.6) is 0 Å². The van der Waals surface area contributed by atoms with E-state index in [0.29, 0.717) is 24.3 Å². The molecule has 2 aromatic carbocycles. The largest absolute Gasteiger partial charge is 0.392 e. The van der Waals surface area contributed by atoms with Gasteiger partial charge in [-0.25, -0.2) is 5.48 Å². The number of carbonyl (C=O) groups excluding carboxylic acids is 2. The molecule has 1 fully saturated rings. The van der Waals surface area contributed by atoms with E-state index >= 15 is 0 Å². The van der Waals surface area contributed by atoms with E-state index in [-0.39, 0.29) is 37.6 Å². The van der Waals surface area contributed by atoms with Crippen LogP contribution in [0.4, 0.5) is 5.69 Å². The molecule has 3 atom stereocenters. The summed E-state index contributed by atoms with van der Waals surface area (Å²) in [6.45, 7) is -0.0261. The van der Waals surface area contributed by atoms with Crippen LogP contribution in [0.3, 0.4) is 0 Å². The Kier molecular flexibility index (Phi) is 9.85. The van der Waals surface area contributed by atoms with Crippen LogP contribution in [-0.2, 0) is 32.7 Å². The highest BCUT2D eigenvalue weighted by molar-refractivity contribution is 7.99. The van der Waals surface area contributed by atoms with Crippen molar-refractivity contribution in [1.29, 1.82) is 0 Å². The maximum absolute atomic E-state index is 12.3. The Morgan fingerprint density at radius 2 is 1.89 bits per heavy atom. The van der Waals surface area contributed by atoms with Crippen molar-refractivity contribution < 1.29 is 29.4 Å². The van der Waals surface area contributed by atoms with Gasteiger partial charge in [-0.3, -0.25) is 14.8 Å². The van der Waals surface area contributed by atoms with Gasteiger partial charge in [-0.2, -0.15) is 0 Å². The molecular formula is C26H31N5O6S. The third kappa shape index (κ3) is 7.62. The lowest BCUT2D eigenvalue weighted by atomic mass is 10.0. The molecule has 3 unspecified atom stereocenters. The van der Waals surface area contributed by atoms with Crippen molar-refractivity contribution in [2.24, 2.45) is 7.05 Å². The van der Waals surface area contributed by atoms with Gasteiger partial charge in [0.25, 0.3) is 0 Å². The highest BCUT2D eigenvalue weighted by Crippen LogP contribution is 2.39. The first-order valence-corrected chi connectivity index (χ1v) is 13.2. The lowest BCUT2D eigenvalue weighted by Gasteiger charge is -2.36. The van der Waals surface area contributed by atoms with Crippen LogP contribution in [0.25, 0.3) is 0 Å². The first-order chi connectivity index (χ1) is 18.4. The molecular weight excluding hydrogens is 510 g/mol. The highest BCUT2D eigenvalue weighted by Gasteiger charge is 2.32. The van der Waals surface area contributed by atoms with Gasteiger partial charge in [-0.1, -0.05) is 48.2 Å². The summed E-state index contributed by atoms with van der Waals surface area (Å²) in [5, 5.41) is 29.7. The van der Waals surface area contributed by atoms with Crippen molar-refractivity contribution >= 4 is 29.3 Å². The quantitative estimate of drug-likeness (QED) is 0.163. The molecule has 2 amide bonds. The van der Waals surface area contributed by atoms with Gasteiger partial charge in [0.1, 0.15) is 6.33 Å². The van der Waals surface area contributed by atoms with Crippen LogP contribution in [-0.4, -0.2) is 48.7 Å². The number of aromatic nitrogens is 3. The van der Waals surface area contributed by atoms with E-state index in [4.69, 9.17) is 14.7 Å². The fourth-order valence-corrected chi connectivity index (χ4v) is 4.95. The summed E-state index contributed by atoms with van der Waals surface area (Å²) in [5.41, 5.74) is 4.72. The van der Waals surface area contributed by atoms with Gasteiger partial charge in [0.15, 0.2) is 11.4 Å². The molecule has 0 spiro atoms. The number of hydrogen-bond acceptors (Lipinski definition) is 9. The lowest BCUT2D eigenvalue weighted by molar-refractivity contribution is -0.245. The number of anilines is 1. The van der Waals surface area contributed by atoms with E-state index in [1.54, 1.807) is 29.6 Å². The van der Waals surface area contributed by atoms with Gasteiger partial charge in [0, 0.05) is 43.3 Å². The number of nitrogens with one attached hydrogen (secondary N) is 2. The predicted molar refractivity (Wildman–Crippen MR) is 139 cm³/mol. The maximum Gasteiger partial charge on any atom is 0.243 e. The molecule has 0 saturated carbocycles. The number of rotatable bonds is 11. The molecule has 4 rings (SSSR count). The van der Waals surface area contributed by atoms with E-state index < -0.39 is 12.2 Å². The summed E-state index contributed by atoms with van der Waals surface area (Å²) < 4.78 is 14.6. The number of ether oxygens (including phenoxy) is 2. The number of nitrogens with zero attached hydrogens (tertiary/aromatic N) is 3. The zero-order chi connectivity index (χ0) is 26.9. The molecule has 38 heavy (non-hydrogen) atoms. The van der Waals surface area contributed by atoms with E-state index in [0.717, 1.165) is 21.8 Å². The van der Waals surface area contributed by atoms with E-state index in [1.165, 1.54) is 0 Å². The Labute approximate surface area is 224 Å². The van der Waals surface area contributed by atoms with Crippen molar-refractivity contribution in [3.8, 4) is 0 Å². The fourth-order valence-electron chi connectivity index (χ4n) is 4.05. The second-order valence-corrected chi connectivity index (χ2v) is 9.93. The Morgan fingerprint density at radius 1 is 1.11 bits per heavy atom. The second-order valence-electron chi connectivity index (χ2n) is 8.95. The summed E-state index contributed by atoms with van der Waals surface area (Å²) >= 11 is 1.56. The van der Waals surface area contributed by atoms with Gasteiger partial charge in [-0.15, -0.1) is 10.2 Å². The number of benzene rings is 2. The molecule has 1 saturated heterocycles. The van der Waals surface area contributed by atoms with E-state index in [9.17, 15) is 14.7 Å². The van der Waals surface area contributed by atoms with Gasteiger partial charge in [0.05, 0.1) is 18.8 Å². The average molecular weight is 542 g/mol. The molecule has 0 bridgehead atoms. The van der Waals surface area contributed by atoms with Crippen molar-refractivity contribution in [1.82, 2.24) is 20.2 Å². The van der Waals surface area contributed by atoms with Gasteiger partial charge in [-0.05, 0) is 29.7 Å². The van der Waals surface area contributed by atoms with Crippen molar-refractivity contribution in [2.75, 3.05) is 11.1 Å². The van der Waals surface area contributed by atoms with Crippen LogP contribution in [0, 0.1) is 0 Å². The molecule has 4 N–H and O–H groups in total. The van der Waals surface area contributed by atoms with Crippen molar-refractivity contribution in [3.05, 3.63) is 71.5 Å². The lowest BCUT2D eigenvalue weighted by Crippen LogP contribution is -2.31. The summed E-state index contributed by atoms with van der Waals surface area (Å²) in [6.07, 6.45) is 1.76. The Hall–Kier alpha value is -3.29. The highest BCUT2D eigenvalue weighted by atomic mass is 32.2. The number of hydroxylamine groups is 1. The van der Waals surface area contributed by atoms with E-state index in [2.05, 4.69) is 15.5 Å². The Balaban J connectivity index is 1.46. The van der Waals surface area contributed by atoms with Gasteiger partial charge in [0.2, 0.25) is 11.8 Å². The smallest absolute Gasteiger partial charge is 0.243 e. The number of carbonyl (C=O) groups is 2. The van der Waals surface area contributed by atoms with Crippen LogP contribution in [0.2, 0.25) is 0 Å². The topological polar surface area (TPSA) is 148 Å². The summed E-state index contributed by atoms with van der Waals surface area (Å²) in [5.74, 6) is -0.118. The number of aliphatic hydroxyl groups is 1. The van der Waals surface area contributed by atoms with Gasteiger partial charge < -0.3 is 24.5 Å². The molecule has 11 nitrogen and oxygen atoms in total. The van der Waals surface area contributed by atoms with Crippen molar-refractivity contribution in [2.45, 2.75) is 55.9 Å². The minimum absolute atomic E-state index is 0.0261. The molecule has 3 aromatic rings. The molecule has 0 aliphatic carbocycles. The Bertz CT molecular complexity index is 1220. The fraction of sp³-hybridized carbons (Fsp3) is 0.385. The minimum Gasteiger partial charge on any atom is -0.392 e. The molecule has 1 aliphatic rings. The minimum atomic E-state index is -0.665. The summed E-state index contributed by atoms with van der Waals surface area (Å²) in [6, 6.07) is 15.0. The van der Waals surface area contributed by atoms with Crippen LogP contribution < -0.4 is 10.8 Å². The number of hydrogen-bond donors (Lipinski definition) is 4. The monoisotopic (exact) mass is 541 g/mol. The maximum atomic E-state index is 12.3. The summed E-state index contributed by atoms with van der Waals surface area (Å²) in [4.78, 5) is 23.5. The van der Waals surface area contributed by atoms with Crippen LogP contribution in [0.1, 0.15) is 54.8 Å². The third-order valence-corrected chi connectivity index (χ3v) is 7.22. The molecule has 12 heteroatoms. The number of amides is 2. The molecule has 1 aliphatic heterocycles. The second kappa shape index (κ2) is 13.5. The summed E-state index contributed by atoms with van der Waals surface area (Å²) in [7, 11) is 1.89. The molecule has 202 valence electrons. The number of thioether (sulfide) groups is 1. The van der Waals surface area contributed by atoms with Crippen molar-refractivity contribution in [3.63, 3.8) is 0 Å². The molecule has 0 radical (unpaired) electrons. The van der Waals surface area contributed by atoms with Crippen LogP contribution in [0.15, 0.2) is 60.0 Å². The Morgan fingerprint density at radius 3 is 2.61 bits per heavy atom. The standard InChI is InChI=1S/C26H31N5O6S/c1-31-16-27-29-26(31)38-15-21-13-22(18-10-8-17(14-32)9-11-18)37-25(36-21)19-4-2-5-20(12-19)28-23(33)6-3-7-24(34)30-35/h2,4-5,8-12,16,21-22,25,32,35H,3,6-7,13-15H2,1H3,(H,28,33)(H,30,34). The molecule has 2 heterocycles.